The Morgan fingerprint density at radius 3 is 2.60 bits per heavy atom. The number of rotatable bonds is 6. The molecule has 20 heavy (non-hydrogen) atoms. The van der Waals surface area contributed by atoms with Gasteiger partial charge in [0.05, 0.1) is 6.61 Å². The number of benzene rings is 1. The lowest BCUT2D eigenvalue weighted by molar-refractivity contribution is 0.156. The summed E-state index contributed by atoms with van der Waals surface area (Å²) in [6.07, 6.45) is 1.22. The molecule has 1 aromatic carbocycles. The number of nitrogens with zero attached hydrogens (tertiary/aromatic N) is 1. The minimum absolute atomic E-state index is 0.663. The van der Waals surface area contributed by atoms with Crippen molar-refractivity contribution in [1.29, 1.82) is 0 Å². The molecular weight excluding hydrogens is 318 g/mol. The highest BCUT2D eigenvalue weighted by atomic mass is 79.9. The second-order valence-electron chi connectivity index (χ2n) is 5.31. The molecular formula is C16H24BrNO2. The van der Waals surface area contributed by atoms with Crippen molar-refractivity contribution in [1.82, 2.24) is 4.90 Å². The molecule has 0 amide bonds. The Bertz CT molecular complexity index is 413. The van der Waals surface area contributed by atoms with E-state index in [1.807, 2.05) is 31.2 Å². The van der Waals surface area contributed by atoms with E-state index >= 15 is 0 Å². The first-order chi connectivity index (χ1) is 9.70. The van der Waals surface area contributed by atoms with E-state index in [2.05, 4.69) is 27.8 Å². The average molecular weight is 342 g/mol. The molecule has 0 N–H and O–H groups in total. The minimum atomic E-state index is 0.663. The van der Waals surface area contributed by atoms with Gasteiger partial charge in [-0.2, -0.15) is 0 Å². The van der Waals surface area contributed by atoms with Crippen molar-refractivity contribution in [2.45, 2.75) is 25.1 Å². The van der Waals surface area contributed by atoms with E-state index in [1.165, 1.54) is 6.42 Å². The summed E-state index contributed by atoms with van der Waals surface area (Å²) in [6.45, 7) is 8.94. The van der Waals surface area contributed by atoms with Gasteiger partial charge in [-0.25, -0.2) is 0 Å². The molecule has 4 heteroatoms. The fraction of sp³-hybridized carbons (Fsp3) is 0.625. The van der Waals surface area contributed by atoms with E-state index in [-0.39, 0.29) is 0 Å². The van der Waals surface area contributed by atoms with Crippen LogP contribution in [0.5, 0.6) is 11.5 Å². The Morgan fingerprint density at radius 1 is 1.25 bits per heavy atom. The number of para-hydroxylation sites is 2. The summed E-state index contributed by atoms with van der Waals surface area (Å²) in [5.74, 6) is 2.39. The van der Waals surface area contributed by atoms with Crippen LogP contribution in [0.25, 0.3) is 0 Å². The molecule has 112 valence electrons. The Labute approximate surface area is 130 Å². The fourth-order valence-electron chi connectivity index (χ4n) is 2.54. The highest BCUT2D eigenvalue weighted by molar-refractivity contribution is 9.09. The summed E-state index contributed by atoms with van der Waals surface area (Å²) in [6, 6.07) is 7.88. The maximum Gasteiger partial charge on any atom is 0.161 e. The first-order valence-electron chi connectivity index (χ1n) is 7.41. The van der Waals surface area contributed by atoms with Crippen molar-refractivity contribution in [2.24, 2.45) is 5.92 Å². The van der Waals surface area contributed by atoms with Gasteiger partial charge in [-0.15, -0.1) is 0 Å². The van der Waals surface area contributed by atoms with Crippen LogP contribution in [-0.4, -0.2) is 42.6 Å². The van der Waals surface area contributed by atoms with Crippen molar-refractivity contribution in [3.8, 4) is 11.5 Å². The number of hydrogen-bond acceptors (Lipinski definition) is 3. The van der Waals surface area contributed by atoms with Crippen LogP contribution >= 0.6 is 15.9 Å². The van der Waals surface area contributed by atoms with E-state index in [9.17, 15) is 0 Å². The van der Waals surface area contributed by atoms with E-state index in [4.69, 9.17) is 9.47 Å². The normalized spacial score (nSPS) is 23.6. The zero-order chi connectivity index (χ0) is 14.4. The Hall–Kier alpha value is -0.740. The van der Waals surface area contributed by atoms with Crippen molar-refractivity contribution in [3.05, 3.63) is 24.3 Å². The summed E-state index contributed by atoms with van der Waals surface area (Å²) in [7, 11) is 0. The topological polar surface area (TPSA) is 21.7 Å². The van der Waals surface area contributed by atoms with E-state index in [1.54, 1.807) is 0 Å². The van der Waals surface area contributed by atoms with Gasteiger partial charge in [0.25, 0.3) is 0 Å². The van der Waals surface area contributed by atoms with Gasteiger partial charge in [-0.1, -0.05) is 35.0 Å². The highest BCUT2D eigenvalue weighted by Crippen LogP contribution is 2.27. The third-order valence-corrected chi connectivity index (χ3v) is 5.06. The highest BCUT2D eigenvalue weighted by Gasteiger charge is 2.23. The number of hydrogen-bond donors (Lipinski definition) is 0. The summed E-state index contributed by atoms with van der Waals surface area (Å²) in [5, 5.41) is 0. The number of alkyl halides is 1. The zero-order valence-electron chi connectivity index (χ0n) is 12.3. The van der Waals surface area contributed by atoms with Gasteiger partial charge < -0.3 is 9.47 Å². The third-order valence-electron chi connectivity index (χ3n) is 3.70. The molecule has 0 saturated carbocycles. The predicted molar refractivity (Wildman–Crippen MR) is 86.0 cm³/mol. The molecule has 0 aliphatic carbocycles. The van der Waals surface area contributed by atoms with Gasteiger partial charge in [0.15, 0.2) is 11.5 Å². The molecule has 2 unspecified atom stereocenters. The Kier molecular flexibility index (Phi) is 6.17. The zero-order valence-corrected chi connectivity index (χ0v) is 13.9. The Balaban J connectivity index is 1.78. The number of piperidine rings is 1. The molecule has 0 bridgehead atoms. The SMILES string of the molecule is CCOc1ccccc1OCCN1CCC(Br)C(C)C1. The first-order valence-corrected chi connectivity index (χ1v) is 8.33. The van der Waals surface area contributed by atoms with Gasteiger partial charge in [0.1, 0.15) is 6.61 Å². The average Bonchev–Trinajstić information content (AvgIpc) is 2.45. The van der Waals surface area contributed by atoms with E-state index in [0.29, 0.717) is 24.0 Å². The second kappa shape index (κ2) is 7.89. The van der Waals surface area contributed by atoms with Crippen LogP contribution in [0.2, 0.25) is 0 Å². The largest absolute Gasteiger partial charge is 0.490 e. The maximum absolute atomic E-state index is 5.88. The number of ether oxygens (including phenoxy) is 2. The van der Waals surface area contributed by atoms with Crippen molar-refractivity contribution < 1.29 is 9.47 Å². The standard InChI is InChI=1S/C16H24BrNO2/c1-3-19-15-6-4-5-7-16(15)20-11-10-18-9-8-14(17)13(2)12-18/h4-7,13-14H,3,8-12H2,1-2H3. The van der Waals surface area contributed by atoms with Gasteiger partial charge in [0, 0.05) is 17.9 Å². The van der Waals surface area contributed by atoms with Crippen LogP contribution in [0.3, 0.4) is 0 Å². The quantitative estimate of drug-likeness (QED) is 0.738. The lowest BCUT2D eigenvalue weighted by Gasteiger charge is -2.34. The van der Waals surface area contributed by atoms with Crippen LogP contribution in [0.15, 0.2) is 24.3 Å². The molecule has 1 saturated heterocycles. The van der Waals surface area contributed by atoms with Crippen LogP contribution < -0.4 is 9.47 Å². The molecule has 0 spiro atoms. The smallest absolute Gasteiger partial charge is 0.161 e. The van der Waals surface area contributed by atoms with Gasteiger partial charge in [-0.3, -0.25) is 4.90 Å². The van der Waals surface area contributed by atoms with Crippen LogP contribution in [0.4, 0.5) is 0 Å². The number of halogens is 1. The maximum atomic E-state index is 5.88. The van der Waals surface area contributed by atoms with Gasteiger partial charge in [-0.05, 0) is 37.9 Å². The summed E-state index contributed by atoms with van der Waals surface area (Å²) >= 11 is 3.74. The van der Waals surface area contributed by atoms with Crippen LogP contribution in [0, 0.1) is 5.92 Å². The van der Waals surface area contributed by atoms with Crippen LogP contribution in [0.1, 0.15) is 20.3 Å². The molecule has 3 nitrogen and oxygen atoms in total. The predicted octanol–water partition coefficient (Wildman–Crippen LogP) is 3.57. The second-order valence-corrected chi connectivity index (χ2v) is 6.49. The molecule has 1 heterocycles. The summed E-state index contributed by atoms with van der Waals surface area (Å²) in [5.41, 5.74) is 0. The number of likely N-dealkylation sites (tertiary alicyclic amines) is 1. The fourth-order valence-corrected chi connectivity index (χ4v) is 2.91. The van der Waals surface area contributed by atoms with Gasteiger partial charge >= 0.3 is 0 Å². The Morgan fingerprint density at radius 2 is 1.95 bits per heavy atom. The first kappa shape index (κ1) is 15.6. The lowest BCUT2D eigenvalue weighted by Crippen LogP contribution is -2.41. The molecule has 1 aliphatic rings. The molecule has 0 radical (unpaired) electrons. The van der Waals surface area contributed by atoms with E-state index < -0.39 is 0 Å². The van der Waals surface area contributed by atoms with Crippen molar-refractivity contribution in [2.75, 3.05) is 32.8 Å². The summed E-state index contributed by atoms with van der Waals surface area (Å²) < 4.78 is 11.4. The molecule has 0 aromatic heterocycles. The third kappa shape index (κ3) is 4.38. The van der Waals surface area contributed by atoms with Crippen molar-refractivity contribution in [3.63, 3.8) is 0 Å². The van der Waals surface area contributed by atoms with Crippen LogP contribution in [-0.2, 0) is 0 Å². The van der Waals surface area contributed by atoms with Gasteiger partial charge in [0.2, 0.25) is 0 Å². The molecule has 1 fully saturated rings. The minimum Gasteiger partial charge on any atom is -0.490 e. The summed E-state index contributed by atoms with van der Waals surface area (Å²) in [4.78, 5) is 3.14. The molecule has 2 atom stereocenters. The monoisotopic (exact) mass is 341 g/mol. The molecule has 2 rings (SSSR count). The van der Waals surface area contributed by atoms with Crippen molar-refractivity contribution >= 4 is 15.9 Å². The van der Waals surface area contributed by atoms with E-state index in [0.717, 1.165) is 31.1 Å². The molecule has 1 aromatic rings. The molecule has 1 aliphatic heterocycles. The lowest BCUT2D eigenvalue weighted by atomic mass is 10.0.